The van der Waals surface area contributed by atoms with Crippen LogP contribution in [-0.4, -0.2) is 46.1 Å². The predicted molar refractivity (Wildman–Crippen MR) is 85.4 cm³/mol. The first-order chi connectivity index (χ1) is 9.90. The quantitative estimate of drug-likeness (QED) is 0.881. The number of hydrogen-bond acceptors (Lipinski definition) is 3. The molecule has 1 atom stereocenters. The van der Waals surface area contributed by atoms with Crippen molar-refractivity contribution in [2.24, 2.45) is 0 Å². The molecule has 21 heavy (non-hydrogen) atoms. The van der Waals surface area contributed by atoms with Crippen LogP contribution in [0, 0.1) is 13.8 Å². The first kappa shape index (κ1) is 15.7. The molecule has 0 bridgehead atoms. The summed E-state index contributed by atoms with van der Waals surface area (Å²) < 4.78 is 0. The maximum atomic E-state index is 12.3. The molecular formula is C15H20N2O3S. The van der Waals surface area contributed by atoms with Gasteiger partial charge in [-0.2, -0.15) is 11.8 Å². The number of rotatable bonds is 2. The summed E-state index contributed by atoms with van der Waals surface area (Å²) in [7, 11) is 0. The zero-order chi connectivity index (χ0) is 15.6. The molecule has 1 heterocycles. The summed E-state index contributed by atoms with van der Waals surface area (Å²) in [5.41, 5.74) is 2.34. The SMILES string of the molecule is Cc1cc(NC(=O)N2CCSCC2C)cc(C(=O)O)c1C. The number of aromatic carboxylic acids is 1. The lowest BCUT2D eigenvalue weighted by Gasteiger charge is -2.33. The van der Waals surface area contributed by atoms with E-state index in [2.05, 4.69) is 5.32 Å². The van der Waals surface area contributed by atoms with Crippen molar-refractivity contribution in [3.63, 3.8) is 0 Å². The highest BCUT2D eigenvalue weighted by Crippen LogP contribution is 2.22. The molecule has 0 aromatic heterocycles. The molecule has 114 valence electrons. The highest BCUT2D eigenvalue weighted by molar-refractivity contribution is 7.99. The zero-order valence-electron chi connectivity index (χ0n) is 12.5. The molecular weight excluding hydrogens is 288 g/mol. The van der Waals surface area contributed by atoms with E-state index in [9.17, 15) is 14.7 Å². The van der Waals surface area contributed by atoms with Gasteiger partial charge in [0.15, 0.2) is 0 Å². The van der Waals surface area contributed by atoms with Crippen molar-refractivity contribution in [2.45, 2.75) is 26.8 Å². The first-order valence-corrected chi connectivity index (χ1v) is 8.05. The highest BCUT2D eigenvalue weighted by Gasteiger charge is 2.24. The predicted octanol–water partition coefficient (Wildman–Crippen LogP) is 2.97. The van der Waals surface area contributed by atoms with E-state index < -0.39 is 5.97 Å². The molecule has 0 aliphatic carbocycles. The minimum atomic E-state index is -0.977. The molecule has 1 unspecified atom stereocenters. The summed E-state index contributed by atoms with van der Waals surface area (Å²) in [6.07, 6.45) is 0. The summed E-state index contributed by atoms with van der Waals surface area (Å²) in [4.78, 5) is 25.4. The number of nitrogens with zero attached hydrogens (tertiary/aromatic N) is 1. The lowest BCUT2D eigenvalue weighted by molar-refractivity contribution is 0.0696. The second-order valence-corrected chi connectivity index (χ2v) is 6.47. The van der Waals surface area contributed by atoms with Gasteiger partial charge in [0.05, 0.1) is 5.56 Å². The van der Waals surface area contributed by atoms with Gasteiger partial charge >= 0.3 is 12.0 Å². The average molecular weight is 308 g/mol. The third-order valence-electron chi connectivity index (χ3n) is 3.78. The van der Waals surface area contributed by atoms with Crippen LogP contribution < -0.4 is 5.32 Å². The van der Waals surface area contributed by atoms with Crippen LogP contribution in [0.3, 0.4) is 0 Å². The molecule has 1 fully saturated rings. The first-order valence-electron chi connectivity index (χ1n) is 6.90. The van der Waals surface area contributed by atoms with Crippen LogP contribution in [0.4, 0.5) is 10.5 Å². The van der Waals surface area contributed by atoms with Gasteiger partial charge in [0, 0.05) is 29.8 Å². The molecule has 5 nitrogen and oxygen atoms in total. The van der Waals surface area contributed by atoms with Gasteiger partial charge in [0.1, 0.15) is 0 Å². The van der Waals surface area contributed by atoms with E-state index in [1.54, 1.807) is 11.8 Å². The Morgan fingerprint density at radius 1 is 1.38 bits per heavy atom. The molecule has 1 aliphatic heterocycles. The number of amides is 2. The largest absolute Gasteiger partial charge is 0.478 e. The molecule has 2 N–H and O–H groups in total. The van der Waals surface area contributed by atoms with E-state index in [4.69, 9.17) is 0 Å². The fourth-order valence-corrected chi connectivity index (χ4v) is 3.39. The van der Waals surface area contributed by atoms with Gasteiger partial charge in [-0.3, -0.25) is 0 Å². The van der Waals surface area contributed by atoms with Crippen LogP contribution in [0.2, 0.25) is 0 Å². The summed E-state index contributed by atoms with van der Waals surface area (Å²) >= 11 is 1.84. The van der Waals surface area contributed by atoms with E-state index in [0.29, 0.717) is 12.2 Å². The summed E-state index contributed by atoms with van der Waals surface area (Å²) in [6.45, 7) is 6.36. The van der Waals surface area contributed by atoms with Gasteiger partial charge in [-0.25, -0.2) is 9.59 Å². The number of benzene rings is 1. The lowest BCUT2D eigenvalue weighted by atomic mass is 10.0. The Hall–Kier alpha value is -1.69. The summed E-state index contributed by atoms with van der Waals surface area (Å²) in [5.74, 6) is 0.889. The summed E-state index contributed by atoms with van der Waals surface area (Å²) in [5, 5.41) is 12.0. The second kappa shape index (κ2) is 6.39. The van der Waals surface area contributed by atoms with Crippen LogP contribution in [0.15, 0.2) is 12.1 Å². The lowest BCUT2D eigenvalue weighted by Crippen LogP contribution is -2.46. The third kappa shape index (κ3) is 3.50. The number of carboxylic acid groups (broad SMARTS) is 1. The Bertz CT molecular complexity index is 574. The van der Waals surface area contributed by atoms with Crippen molar-refractivity contribution in [3.05, 3.63) is 28.8 Å². The van der Waals surface area contributed by atoms with Crippen molar-refractivity contribution < 1.29 is 14.7 Å². The third-order valence-corrected chi connectivity index (χ3v) is 4.97. The van der Waals surface area contributed by atoms with Gasteiger partial charge < -0.3 is 15.3 Å². The number of hydrogen-bond donors (Lipinski definition) is 2. The standard InChI is InChI=1S/C15H20N2O3S/c1-9-6-12(7-13(11(9)3)14(18)19)16-15(20)17-4-5-21-8-10(17)2/h6-7,10H,4-5,8H2,1-3H3,(H,16,20)(H,18,19). The van der Waals surface area contributed by atoms with Gasteiger partial charge in [-0.05, 0) is 44.0 Å². The van der Waals surface area contributed by atoms with Crippen LogP contribution in [0.5, 0.6) is 0 Å². The Morgan fingerprint density at radius 2 is 2.10 bits per heavy atom. The molecule has 2 rings (SSSR count). The van der Waals surface area contributed by atoms with Gasteiger partial charge in [0.25, 0.3) is 0 Å². The van der Waals surface area contributed by atoms with Crippen molar-refractivity contribution >= 4 is 29.4 Å². The van der Waals surface area contributed by atoms with E-state index in [-0.39, 0.29) is 17.6 Å². The van der Waals surface area contributed by atoms with Gasteiger partial charge in [-0.15, -0.1) is 0 Å². The van der Waals surface area contributed by atoms with Crippen LogP contribution in [0.1, 0.15) is 28.4 Å². The summed E-state index contributed by atoms with van der Waals surface area (Å²) in [6, 6.07) is 3.35. The zero-order valence-corrected chi connectivity index (χ0v) is 13.3. The van der Waals surface area contributed by atoms with Gasteiger partial charge in [-0.1, -0.05) is 0 Å². The van der Waals surface area contributed by atoms with Crippen LogP contribution in [-0.2, 0) is 0 Å². The number of urea groups is 1. The Labute approximate surface area is 128 Å². The number of nitrogens with one attached hydrogen (secondary N) is 1. The molecule has 1 saturated heterocycles. The Balaban J connectivity index is 2.19. The maximum absolute atomic E-state index is 12.3. The number of aryl methyl sites for hydroxylation is 1. The monoisotopic (exact) mass is 308 g/mol. The molecule has 6 heteroatoms. The number of carbonyl (C=O) groups excluding carboxylic acids is 1. The minimum absolute atomic E-state index is 0.164. The fraction of sp³-hybridized carbons (Fsp3) is 0.467. The molecule has 1 aliphatic rings. The topological polar surface area (TPSA) is 69.6 Å². The number of carbonyl (C=O) groups is 2. The van der Waals surface area contributed by atoms with Crippen LogP contribution in [0.25, 0.3) is 0 Å². The van der Waals surface area contributed by atoms with Gasteiger partial charge in [0.2, 0.25) is 0 Å². The second-order valence-electron chi connectivity index (χ2n) is 5.32. The molecule has 0 spiro atoms. The van der Waals surface area contributed by atoms with Crippen molar-refractivity contribution in [1.82, 2.24) is 4.90 Å². The highest BCUT2D eigenvalue weighted by atomic mass is 32.2. The molecule has 0 radical (unpaired) electrons. The number of thioether (sulfide) groups is 1. The minimum Gasteiger partial charge on any atom is -0.478 e. The van der Waals surface area contributed by atoms with E-state index in [1.807, 2.05) is 31.7 Å². The Kier molecular flexibility index (Phi) is 4.77. The van der Waals surface area contributed by atoms with Crippen molar-refractivity contribution in [2.75, 3.05) is 23.4 Å². The smallest absolute Gasteiger partial charge is 0.336 e. The number of carboxylic acids is 1. The maximum Gasteiger partial charge on any atom is 0.336 e. The van der Waals surface area contributed by atoms with E-state index >= 15 is 0 Å². The normalized spacial score (nSPS) is 18.4. The van der Waals surface area contributed by atoms with E-state index in [1.165, 1.54) is 6.07 Å². The average Bonchev–Trinajstić information content (AvgIpc) is 2.42. The van der Waals surface area contributed by atoms with Crippen LogP contribution >= 0.6 is 11.8 Å². The molecule has 0 saturated carbocycles. The molecule has 1 aromatic rings. The fourth-order valence-electron chi connectivity index (χ4n) is 2.38. The number of anilines is 1. The van der Waals surface area contributed by atoms with Crippen molar-refractivity contribution in [3.8, 4) is 0 Å². The molecule has 1 aromatic carbocycles. The van der Waals surface area contributed by atoms with E-state index in [0.717, 1.165) is 22.6 Å². The molecule has 2 amide bonds. The Morgan fingerprint density at radius 3 is 2.71 bits per heavy atom. The van der Waals surface area contributed by atoms with Crippen molar-refractivity contribution in [1.29, 1.82) is 0 Å².